The molecule has 0 N–H and O–H groups in total. The molecule has 0 fully saturated rings. The molecule has 16 aromatic carbocycles. The number of hydrogen-bond donors (Lipinski definition) is 0. The second-order valence-corrected chi connectivity index (χ2v) is 23.2. The van der Waals surface area contributed by atoms with Crippen LogP contribution in [-0.4, -0.2) is 0 Å². The zero-order valence-electron chi connectivity index (χ0n) is 48.6. The van der Waals surface area contributed by atoms with E-state index in [2.05, 4.69) is 350 Å². The maximum absolute atomic E-state index is 6.76. The molecule has 0 saturated carbocycles. The van der Waals surface area contributed by atoms with Gasteiger partial charge in [-0.15, -0.1) is 0 Å². The maximum atomic E-state index is 6.76. The second kappa shape index (κ2) is 21.6. The molecule has 416 valence electrons. The zero-order chi connectivity index (χ0) is 58.8. The number of nitrogens with zero attached hydrogens (tertiary/aromatic N) is 2. The first kappa shape index (κ1) is 51.6. The Hall–Kier alpha value is -11.8. The van der Waals surface area contributed by atoms with E-state index in [0.717, 1.165) is 95.0 Å². The number of benzene rings is 16. The van der Waals surface area contributed by atoms with Gasteiger partial charge >= 0.3 is 0 Å². The highest BCUT2D eigenvalue weighted by Crippen LogP contribution is 2.47. The predicted octanol–water partition coefficient (Wildman–Crippen LogP) is 24.6. The van der Waals surface area contributed by atoms with Gasteiger partial charge in [0.15, 0.2) is 0 Å². The highest BCUT2D eigenvalue weighted by atomic mass is 16.3. The van der Waals surface area contributed by atoms with Gasteiger partial charge in [-0.05, 0) is 177 Å². The van der Waals surface area contributed by atoms with Crippen LogP contribution in [0.25, 0.3) is 131 Å². The summed E-state index contributed by atoms with van der Waals surface area (Å²) in [4.78, 5) is 4.83. The number of rotatable bonds is 11. The molecule has 0 aliphatic carbocycles. The van der Waals surface area contributed by atoms with E-state index in [0.29, 0.717) is 0 Å². The third kappa shape index (κ3) is 9.24. The molecule has 0 spiro atoms. The number of para-hydroxylation sites is 2. The van der Waals surface area contributed by atoms with Gasteiger partial charge in [0.1, 0.15) is 11.2 Å². The number of hydrogen-bond acceptors (Lipinski definition) is 3. The third-order valence-corrected chi connectivity index (χ3v) is 18.0. The lowest BCUT2D eigenvalue weighted by Gasteiger charge is -2.29. The van der Waals surface area contributed by atoms with E-state index < -0.39 is 0 Å². The lowest BCUT2D eigenvalue weighted by molar-refractivity contribution is 0.670. The average molecular weight is 1130 g/mol. The summed E-state index contributed by atoms with van der Waals surface area (Å²) >= 11 is 0. The molecule has 17 rings (SSSR count). The van der Waals surface area contributed by atoms with Crippen molar-refractivity contribution in [3.8, 4) is 55.6 Å². The van der Waals surface area contributed by atoms with Gasteiger partial charge in [-0.25, -0.2) is 0 Å². The van der Waals surface area contributed by atoms with Gasteiger partial charge < -0.3 is 14.2 Å². The first-order valence-corrected chi connectivity index (χ1v) is 30.5. The van der Waals surface area contributed by atoms with Gasteiger partial charge in [-0.1, -0.05) is 261 Å². The smallest absolute Gasteiger partial charge is 0.143 e. The molecule has 1 heterocycles. The Morgan fingerprint density at radius 1 is 0.202 bits per heavy atom. The van der Waals surface area contributed by atoms with Gasteiger partial charge in [0, 0.05) is 50.3 Å². The maximum Gasteiger partial charge on any atom is 0.143 e. The molecular weight excluding hydrogens is 1080 g/mol. The van der Waals surface area contributed by atoms with E-state index in [-0.39, 0.29) is 0 Å². The second-order valence-electron chi connectivity index (χ2n) is 23.2. The van der Waals surface area contributed by atoms with E-state index >= 15 is 0 Å². The Kier molecular flexibility index (Phi) is 12.5. The Balaban J connectivity index is 0.786. The molecular formula is C86H56N2O. The van der Waals surface area contributed by atoms with Crippen molar-refractivity contribution in [2.24, 2.45) is 0 Å². The fraction of sp³-hybridized carbons (Fsp3) is 0. The zero-order valence-corrected chi connectivity index (χ0v) is 48.6. The Bertz CT molecular complexity index is 5560. The minimum Gasteiger partial charge on any atom is -0.455 e. The van der Waals surface area contributed by atoms with Gasteiger partial charge in [-0.3, -0.25) is 0 Å². The van der Waals surface area contributed by atoms with Gasteiger partial charge in [-0.2, -0.15) is 0 Å². The van der Waals surface area contributed by atoms with Crippen LogP contribution in [0.4, 0.5) is 34.1 Å². The standard InChI is InChI=1S/C86H56N2O/c1-2-19-65-53-67(39-35-57(65)15-1)66-21-11-23-72(54-66)87(74-50-51-78-69(56-74)40-38-61-17-4-7-26-76(61)78)73-24-12-22-68(55-73)79-27-9-10-32-83(79)88(70-46-41-59(42-47-70)58-33-36-63(37-34-58)77-29-13-20-60-16-3-6-25-75(60)77)71-48-43-64(44-49-71)81-30-14-31-82-85-80-28-8-5-18-62(80)45-52-84(85)89-86(81)82/h1-56H. The molecule has 0 atom stereocenters. The van der Waals surface area contributed by atoms with E-state index in [1.807, 2.05) is 0 Å². The van der Waals surface area contributed by atoms with Crippen LogP contribution in [0.3, 0.4) is 0 Å². The summed E-state index contributed by atoms with van der Waals surface area (Å²) in [6.45, 7) is 0. The largest absolute Gasteiger partial charge is 0.455 e. The van der Waals surface area contributed by atoms with Gasteiger partial charge in [0.25, 0.3) is 0 Å². The van der Waals surface area contributed by atoms with Crippen molar-refractivity contribution in [2.75, 3.05) is 9.80 Å². The fourth-order valence-electron chi connectivity index (χ4n) is 13.6. The fourth-order valence-corrected chi connectivity index (χ4v) is 13.6. The summed E-state index contributed by atoms with van der Waals surface area (Å²) in [5.41, 5.74) is 19.5. The summed E-state index contributed by atoms with van der Waals surface area (Å²) in [6.07, 6.45) is 0. The number of fused-ring (bicyclic) bond motifs is 10. The van der Waals surface area contributed by atoms with E-state index in [9.17, 15) is 0 Å². The number of furan rings is 1. The number of anilines is 6. The van der Waals surface area contributed by atoms with Crippen molar-refractivity contribution in [2.45, 2.75) is 0 Å². The topological polar surface area (TPSA) is 19.6 Å². The van der Waals surface area contributed by atoms with Crippen LogP contribution in [0.1, 0.15) is 0 Å². The van der Waals surface area contributed by atoms with Crippen LogP contribution < -0.4 is 9.80 Å². The average Bonchev–Trinajstić information content (AvgIpc) is 1.81. The molecule has 3 nitrogen and oxygen atoms in total. The minimum atomic E-state index is 0.890. The van der Waals surface area contributed by atoms with Crippen LogP contribution in [0.5, 0.6) is 0 Å². The van der Waals surface area contributed by atoms with E-state index in [1.54, 1.807) is 0 Å². The molecule has 0 bridgehead atoms. The molecule has 0 radical (unpaired) electrons. The molecule has 17 aromatic rings. The van der Waals surface area contributed by atoms with Crippen LogP contribution in [0.15, 0.2) is 344 Å². The Morgan fingerprint density at radius 2 is 0.652 bits per heavy atom. The summed E-state index contributed by atoms with van der Waals surface area (Å²) in [6, 6.07) is 124. The highest BCUT2D eigenvalue weighted by molar-refractivity contribution is 6.21. The van der Waals surface area contributed by atoms with Crippen molar-refractivity contribution in [1.82, 2.24) is 0 Å². The lowest BCUT2D eigenvalue weighted by atomic mass is 9.96. The molecule has 0 aliphatic rings. The molecule has 1 aromatic heterocycles. The monoisotopic (exact) mass is 1130 g/mol. The van der Waals surface area contributed by atoms with Crippen LogP contribution in [-0.2, 0) is 0 Å². The normalized spacial score (nSPS) is 11.6. The lowest BCUT2D eigenvalue weighted by Crippen LogP contribution is -2.12. The van der Waals surface area contributed by atoms with E-state index in [4.69, 9.17) is 4.42 Å². The van der Waals surface area contributed by atoms with Gasteiger partial charge in [0.2, 0.25) is 0 Å². The predicted molar refractivity (Wildman–Crippen MR) is 378 cm³/mol. The molecule has 0 amide bonds. The summed E-state index contributed by atoms with van der Waals surface area (Å²) < 4.78 is 6.76. The third-order valence-electron chi connectivity index (χ3n) is 18.0. The van der Waals surface area contributed by atoms with Crippen molar-refractivity contribution >= 4 is 110 Å². The molecule has 0 unspecified atom stereocenters. The summed E-state index contributed by atoms with van der Waals surface area (Å²) in [5, 5.41) is 14.5. The van der Waals surface area contributed by atoms with Crippen LogP contribution >= 0.6 is 0 Å². The molecule has 3 heteroatoms. The summed E-state index contributed by atoms with van der Waals surface area (Å²) in [5.74, 6) is 0. The van der Waals surface area contributed by atoms with Crippen molar-refractivity contribution in [3.63, 3.8) is 0 Å². The summed E-state index contributed by atoms with van der Waals surface area (Å²) in [7, 11) is 0. The van der Waals surface area contributed by atoms with Crippen molar-refractivity contribution in [1.29, 1.82) is 0 Å². The highest BCUT2D eigenvalue weighted by Gasteiger charge is 2.22. The minimum absolute atomic E-state index is 0.890. The molecule has 0 aliphatic heterocycles. The van der Waals surface area contributed by atoms with Crippen molar-refractivity contribution in [3.05, 3.63) is 340 Å². The Labute approximate surface area is 516 Å². The Morgan fingerprint density at radius 3 is 1.43 bits per heavy atom. The first-order valence-electron chi connectivity index (χ1n) is 30.5. The van der Waals surface area contributed by atoms with Gasteiger partial charge in [0.05, 0.1) is 5.69 Å². The van der Waals surface area contributed by atoms with E-state index in [1.165, 1.54) is 70.6 Å². The quantitative estimate of drug-likeness (QED) is 0.120. The molecule has 0 saturated heterocycles. The SMILES string of the molecule is c1cc(-c2ccc3ccccc3c2)cc(N(c2cccc(-c3ccccc3N(c3ccc(-c4ccc(-c5cccc6ccccc56)cc4)cc3)c3ccc(-c4cccc5c4oc4ccc6ccccc6c45)cc3)c2)c2ccc3c(ccc4ccccc43)c2)c1. The van der Waals surface area contributed by atoms with Crippen LogP contribution in [0, 0.1) is 0 Å². The molecule has 89 heavy (non-hydrogen) atoms. The first-order chi connectivity index (χ1) is 44.1. The van der Waals surface area contributed by atoms with Crippen LogP contribution in [0.2, 0.25) is 0 Å². The van der Waals surface area contributed by atoms with Crippen molar-refractivity contribution < 1.29 is 4.42 Å².